The fourth-order valence-electron chi connectivity index (χ4n) is 0.347. The molecular weight excluding hydrogens is 219 g/mol. The molecule has 0 saturated heterocycles. The molecule has 0 unspecified atom stereocenters. The highest BCUT2D eigenvalue weighted by Crippen LogP contribution is 1.90. The Morgan fingerprint density at radius 3 is 2.88 bits per heavy atom. The molecule has 3 nitrogen and oxygen atoms in total. The van der Waals surface area contributed by atoms with Crippen molar-refractivity contribution in [3.63, 3.8) is 0 Å². The molecule has 1 aromatic rings. The summed E-state index contributed by atoms with van der Waals surface area (Å²) in [4.78, 5) is 16.2. The van der Waals surface area contributed by atoms with Crippen molar-refractivity contribution < 1.29 is 0 Å². The van der Waals surface area contributed by atoms with Crippen molar-refractivity contribution in [2.45, 2.75) is 0 Å². The van der Waals surface area contributed by atoms with Crippen LogP contribution < -0.4 is 5.69 Å². The summed E-state index contributed by atoms with van der Waals surface area (Å²) in [7, 11) is 0. The molecule has 0 aliphatic rings. The van der Waals surface area contributed by atoms with Crippen LogP contribution >= 0.6 is 22.6 Å². The number of hydrogen-bond donors (Lipinski definition) is 1. The van der Waals surface area contributed by atoms with E-state index in [-0.39, 0.29) is 5.69 Å². The third kappa shape index (κ3) is 1.29. The molecule has 1 heterocycles. The number of halogens is 1. The first-order valence-electron chi connectivity index (χ1n) is 2.00. The lowest BCUT2D eigenvalue weighted by Gasteiger charge is -1.82. The first kappa shape index (κ1) is 5.74. The average Bonchev–Trinajstić information content (AvgIpc) is 1.64. The Labute approximate surface area is 59.3 Å². The van der Waals surface area contributed by atoms with E-state index in [1.165, 1.54) is 6.20 Å². The van der Waals surface area contributed by atoms with Crippen molar-refractivity contribution in [1.82, 2.24) is 9.97 Å². The maximum absolute atomic E-state index is 10.3. The Bertz CT molecular complexity index is 231. The number of aromatic nitrogens is 2. The lowest BCUT2D eigenvalue weighted by Crippen LogP contribution is -2.09. The summed E-state index contributed by atoms with van der Waals surface area (Å²) in [6.45, 7) is 0. The summed E-state index contributed by atoms with van der Waals surface area (Å²) in [5, 5.41) is 0. The van der Waals surface area contributed by atoms with E-state index in [1.54, 1.807) is 6.07 Å². The van der Waals surface area contributed by atoms with E-state index >= 15 is 0 Å². The highest BCUT2D eigenvalue weighted by Gasteiger charge is 1.82. The van der Waals surface area contributed by atoms with Gasteiger partial charge in [-0.3, -0.25) is 0 Å². The molecule has 0 aliphatic carbocycles. The fourth-order valence-corrected chi connectivity index (χ4v) is 0.738. The van der Waals surface area contributed by atoms with Gasteiger partial charge in [-0.1, -0.05) is 0 Å². The third-order valence-corrected chi connectivity index (χ3v) is 1.27. The molecular formula is C4H3IN2O. The lowest BCUT2D eigenvalue weighted by molar-refractivity contribution is 1.05. The van der Waals surface area contributed by atoms with Crippen LogP contribution in [0.1, 0.15) is 0 Å². The van der Waals surface area contributed by atoms with E-state index in [1.807, 2.05) is 22.6 Å². The molecule has 0 aliphatic heterocycles. The van der Waals surface area contributed by atoms with Crippen LogP contribution in [0, 0.1) is 3.70 Å². The number of aromatic amines is 1. The van der Waals surface area contributed by atoms with E-state index in [0.29, 0.717) is 0 Å². The Balaban J connectivity index is 3.28. The van der Waals surface area contributed by atoms with Gasteiger partial charge in [0.15, 0.2) is 0 Å². The van der Waals surface area contributed by atoms with Gasteiger partial charge < -0.3 is 4.98 Å². The second-order valence-corrected chi connectivity index (χ2v) is 2.39. The van der Waals surface area contributed by atoms with Crippen LogP contribution in [-0.2, 0) is 0 Å². The van der Waals surface area contributed by atoms with Crippen LogP contribution in [-0.4, -0.2) is 9.97 Å². The summed E-state index contributed by atoms with van der Waals surface area (Å²) >= 11 is 2.01. The number of hydrogen-bond acceptors (Lipinski definition) is 2. The van der Waals surface area contributed by atoms with Gasteiger partial charge in [-0.05, 0) is 28.7 Å². The zero-order valence-corrected chi connectivity index (χ0v) is 6.05. The normalized spacial score (nSPS) is 9.12. The molecule has 0 aromatic carbocycles. The zero-order chi connectivity index (χ0) is 5.98. The van der Waals surface area contributed by atoms with E-state index in [2.05, 4.69) is 9.97 Å². The smallest absolute Gasteiger partial charge is 0.301 e. The van der Waals surface area contributed by atoms with Gasteiger partial charge in [0.25, 0.3) is 0 Å². The minimum atomic E-state index is -0.295. The molecule has 1 aromatic heterocycles. The topological polar surface area (TPSA) is 45.8 Å². The van der Waals surface area contributed by atoms with Crippen molar-refractivity contribution in [3.8, 4) is 0 Å². The number of nitrogens with one attached hydrogen (secondary N) is 1. The van der Waals surface area contributed by atoms with Crippen LogP contribution in [0.5, 0.6) is 0 Å². The zero-order valence-electron chi connectivity index (χ0n) is 3.89. The molecule has 0 spiro atoms. The van der Waals surface area contributed by atoms with Gasteiger partial charge in [0.05, 0.1) is 3.70 Å². The average molecular weight is 222 g/mol. The molecule has 0 amide bonds. The van der Waals surface area contributed by atoms with Crippen molar-refractivity contribution in [2.75, 3.05) is 0 Å². The largest absolute Gasteiger partial charge is 0.345 e. The van der Waals surface area contributed by atoms with Gasteiger partial charge in [-0.2, -0.15) is 0 Å². The minimum Gasteiger partial charge on any atom is -0.301 e. The van der Waals surface area contributed by atoms with Crippen molar-refractivity contribution >= 4 is 22.6 Å². The van der Waals surface area contributed by atoms with Gasteiger partial charge in [0, 0.05) is 6.20 Å². The Morgan fingerprint density at radius 2 is 2.50 bits per heavy atom. The van der Waals surface area contributed by atoms with Gasteiger partial charge in [0.1, 0.15) is 0 Å². The summed E-state index contributed by atoms with van der Waals surface area (Å²) in [6.07, 6.45) is 1.47. The third-order valence-electron chi connectivity index (χ3n) is 0.639. The quantitative estimate of drug-likeness (QED) is 0.509. The number of nitrogens with zero attached hydrogens (tertiary/aromatic N) is 1. The second-order valence-electron chi connectivity index (χ2n) is 1.22. The first-order chi connectivity index (χ1) is 3.79. The highest BCUT2D eigenvalue weighted by atomic mass is 127. The van der Waals surface area contributed by atoms with Crippen LogP contribution in [0.25, 0.3) is 0 Å². The van der Waals surface area contributed by atoms with Crippen LogP contribution in [0.3, 0.4) is 0 Å². The molecule has 1 N–H and O–H groups in total. The fraction of sp³-hybridized carbons (Fsp3) is 0. The Hall–Kier alpha value is -0.390. The van der Waals surface area contributed by atoms with Gasteiger partial charge >= 0.3 is 5.69 Å². The summed E-state index contributed by atoms with van der Waals surface area (Å²) < 4.78 is 0.808. The van der Waals surface area contributed by atoms with Gasteiger partial charge in [-0.15, -0.1) is 0 Å². The standard InChI is InChI=1S/C4H3IN2O/c5-3-1-2-6-4(8)7-3/h1-2H,(H,6,7,8). The monoisotopic (exact) mass is 222 g/mol. The summed E-state index contributed by atoms with van der Waals surface area (Å²) in [5.41, 5.74) is -0.295. The lowest BCUT2D eigenvalue weighted by atomic mass is 10.7. The summed E-state index contributed by atoms with van der Waals surface area (Å²) in [5.74, 6) is 0. The predicted octanol–water partition coefficient (Wildman–Crippen LogP) is 0.375. The molecule has 0 bridgehead atoms. The molecule has 4 heteroatoms. The van der Waals surface area contributed by atoms with E-state index in [4.69, 9.17) is 0 Å². The molecule has 8 heavy (non-hydrogen) atoms. The summed E-state index contributed by atoms with van der Waals surface area (Å²) in [6, 6.07) is 1.72. The number of rotatable bonds is 0. The van der Waals surface area contributed by atoms with Crippen LogP contribution in [0.4, 0.5) is 0 Å². The Morgan fingerprint density at radius 1 is 1.75 bits per heavy atom. The maximum Gasteiger partial charge on any atom is 0.345 e. The second kappa shape index (κ2) is 2.25. The van der Waals surface area contributed by atoms with Crippen molar-refractivity contribution in [2.24, 2.45) is 0 Å². The van der Waals surface area contributed by atoms with Crippen LogP contribution in [0.2, 0.25) is 0 Å². The predicted molar refractivity (Wildman–Crippen MR) is 37.6 cm³/mol. The van der Waals surface area contributed by atoms with E-state index < -0.39 is 0 Å². The molecule has 1 rings (SSSR count). The van der Waals surface area contributed by atoms with Crippen molar-refractivity contribution in [3.05, 3.63) is 26.4 Å². The molecule has 0 saturated carbocycles. The number of H-pyrrole nitrogens is 1. The van der Waals surface area contributed by atoms with E-state index in [0.717, 1.165) is 3.70 Å². The minimum absolute atomic E-state index is 0.295. The van der Waals surface area contributed by atoms with Crippen LogP contribution in [0.15, 0.2) is 17.1 Å². The molecule has 0 fully saturated rings. The van der Waals surface area contributed by atoms with E-state index in [9.17, 15) is 4.79 Å². The molecule has 0 atom stereocenters. The maximum atomic E-state index is 10.3. The Kier molecular flexibility index (Phi) is 1.62. The first-order valence-corrected chi connectivity index (χ1v) is 3.08. The molecule has 0 radical (unpaired) electrons. The van der Waals surface area contributed by atoms with Crippen molar-refractivity contribution in [1.29, 1.82) is 0 Å². The highest BCUT2D eigenvalue weighted by molar-refractivity contribution is 14.1. The van der Waals surface area contributed by atoms with Gasteiger partial charge in [-0.25, -0.2) is 9.78 Å². The SMILES string of the molecule is O=c1nccc(I)[nH]1. The van der Waals surface area contributed by atoms with Gasteiger partial charge in [0.2, 0.25) is 0 Å². The molecule has 42 valence electrons.